The molecule has 10 heteroatoms. The monoisotopic (exact) mass is 574 g/mol. The van der Waals surface area contributed by atoms with Gasteiger partial charge in [-0.25, -0.2) is 0 Å². The summed E-state index contributed by atoms with van der Waals surface area (Å²) in [6.45, 7) is 4.54. The highest BCUT2D eigenvalue weighted by Crippen LogP contribution is 2.44. The SMILES string of the molecule is O=C(CN1CCc2ccc(C(F)(F)F)cc2C1)NC1CN(C2CCCOCC2)C[C@@H]1SC1CCc2cccnc21. The highest BCUT2D eigenvalue weighted by molar-refractivity contribution is 8.00. The Morgan fingerprint density at radius 2 is 1.98 bits per heavy atom. The average Bonchev–Trinajstić information content (AvgIpc) is 3.40. The lowest BCUT2D eigenvalue weighted by Gasteiger charge is -2.30. The van der Waals surface area contributed by atoms with Crippen molar-refractivity contribution in [3.8, 4) is 0 Å². The van der Waals surface area contributed by atoms with Gasteiger partial charge in [0.2, 0.25) is 5.91 Å². The molecule has 4 atom stereocenters. The van der Waals surface area contributed by atoms with E-state index >= 15 is 0 Å². The van der Waals surface area contributed by atoms with E-state index in [2.05, 4.69) is 16.3 Å². The molecule has 0 spiro atoms. The van der Waals surface area contributed by atoms with Gasteiger partial charge in [-0.2, -0.15) is 13.2 Å². The van der Waals surface area contributed by atoms with Crippen molar-refractivity contribution in [2.45, 2.75) is 73.8 Å². The molecule has 6 nitrogen and oxygen atoms in total. The van der Waals surface area contributed by atoms with Crippen LogP contribution in [-0.2, 0) is 35.1 Å². The van der Waals surface area contributed by atoms with Crippen LogP contribution in [0, 0.1) is 0 Å². The number of thioether (sulfide) groups is 1. The number of benzene rings is 1. The lowest BCUT2D eigenvalue weighted by molar-refractivity contribution is -0.137. The van der Waals surface area contributed by atoms with E-state index in [0.29, 0.717) is 36.4 Å². The second kappa shape index (κ2) is 12.0. The molecule has 4 aliphatic rings. The number of ether oxygens (including phenoxy) is 1. The zero-order valence-electron chi connectivity index (χ0n) is 22.7. The van der Waals surface area contributed by atoms with Crippen molar-refractivity contribution >= 4 is 17.7 Å². The number of carbonyl (C=O) groups is 1. The number of carbonyl (C=O) groups excluding carboxylic acids is 1. The van der Waals surface area contributed by atoms with Gasteiger partial charge in [0.25, 0.3) is 0 Å². The molecule has 0 radical (unpaired) electrons. The second-order valence-electron chi connectivity index (χ2n) is 11.5. The molecular weight excluding hydrogens is 537 g/mol. The Kier molecular flexibility index (Phi) is 8.40. The van der Waals surface area contributed by atoms with Crippen molar-refractivity contribution in [1.29, 1.82) is 0 Å². The first-order chi connectivity index (χ1) is 19.3. The van der Waals surface area contributed by atoms with E-state index in [4.69, 9.17) is 9.72 Å². The molecule has 4 heterocycles. The number of halogens is 3. The van der Waals surface area contributed by atoms with Crippen LogP contribution in [0.25, 0.3) is 0 Å². The minimum absolute atomic E-state index is 0.0170. The zero-order chi connectivity index (χ0) is 27.7. The molecule has 1 aromatic heterocycles. The number of aromatic nitrogens is 1. The highest BCUT2D eigenvalue weighted by Gasteiger charge is 2.40. The Morgan fingerprint density at radius 1 is 1.07 bits per heavy atom. The molecular formula is C30H37F3N4O2S. The maximum atomic E-state index is 13.3. The number of fused-ring (bicyclic) bond motifs is 2. The van der Waals surface area contributed by atoms with Crippen LogP contribution in [0.5, 0.6) is 0 Å². The first-order valence-electron chi connectivity index (χ1n) is 14.5. The van der Waals surface area contributed by atoms with Gasteiger partial charge in [0, 0.05) is 62.1 Å². The van der Waals surface area contributed by atoms with E-state index < -0.39 is 11.7 Å². The van der Waals surface area contributed by atoms with Crippen LogP contribution in [0.4, 0.5) is 13.2 Å². The Balaban J connectivity index is 1.12. The summed E-state index contributed by atoms with van der Waals surface area (Å²) in [6, 6.07) is 8.63. The molecule has 1 aliphatic carbocycles. The molecule has 3 unspecified atom stereocenters. The maximum absolute atomic E-state index is 13.3. The number of amides is 1. The summed E-state index contributed by atoms with van der Waals surface area (Å²) in [5.74, 6) is -0.0537. The van der Waals surface area contributed by atoms with Crippen molar-refractivity contribution < 1.29 is 22.7 Å². The molecule has 1 amide bonds. The van der Waals surface area contributed by atoms with Crippen molar-refractivity contribution in [2.75, 3.05) is 39.4 Å². The predicted octanol–water partition coefficient (Wildman–Crippen LogP) is 4.62. The molecule has 216 valence electrons. The van der Waals surface area contributed by atoms with Crippen LogP contribution in [0.1, 0.15) is 58.9 Å². The summed E-state index contributed by atoms with van der Waals surface area (Å²) in [5, 5.41) is 3.93. The van der Waals surface area contributed by atoms with Gasteiger partial charge in [0.05, 0.1) is 23.8 Å². The van der Waals surface area contributed by atoms with Gasteiger partial charge in [-0.1, -0.05) is 12.1 Å². The lowest BCUT2D eigenvalue weighted by atomic mass is 9.97. The first kappa shape index (κ1) is 28.0. The summed E-state index contributed by atoms with van der Waals surface area (Å²) in [5.41, 5.74) is 3.48. The molecule has 40 heavy (non-hydrogen) atoms. The van der Waals surface area contributed by atoms with E-state index in [9.17, 15) is 18.0 Å². The number of hydrogen-bond donors (Lipinski definition) is 1. The van der Waals surface area contributed by atoms with Crippen molar-refractivity contribution in [2.24, 2.45) is 0 Å². The summed E-state index contributed by atoms with van der Waals surface area (Å²) in [4.78, 5) is 22.5. The van der Waals surface area contributed by atoms with E-state index in [1.54, 1.807) is 6.07 Å². The van der Waals surface area contributed by atoms with Gasteiger partial charge in [0.15, 0.2) is 0 Å². The summed E-state index contributed by atoms with van der Waals surface area (Å²) < 4.78 is 45.5. The number of pyridine rings is 1. The molecule has 0 bridgehead atoms. The smallest absolute Gasteiger partial charge is 0.381 e. The molecule has 6 rings (SSSR count). The zero-order valence-corrected chi connectivity index (χ0v) is 23.5. The third-order valence-electron chi connectivity index (χ3n) is 8.82. The number of hydrogen-bond acceptors (Lipinski definition) is 6. The second-order valence-corrected chi connectivity index (χ2v) is 13.0. The third kappa shape index (κ3) is 6.35. The molecule has 1 N–H and O–H groups in total. The lowest BCUT2D eigenvalue weighted by Crippen LogP contribution is -2.47. The van der Waals surface area contributed by atoms with E-state index in [1.807, 2.05) is 28.9 Å². The quantitative estimate of drug-likeness (QED) is 0.544. The van der Waals surface area contributed by atoms with Gasteiger partial charge in [-0.3, -0.25) is 19.6 Å². The fraction of sp³-hybridized carbons (Fsp3) is 0.600. The fourth-order valence-electron chi connectivity index (χ4n) is 6.73. The number of likely N-dealkylation sites (tertiary alicyclic amines) is 1. The molecule has 1 aromatic carbocycles. The average molecular weight is 575 g/mol. The van der Waals surface area contributed by atoms with Crippen LogP contribution in [-0.4, -0.2) is 77.4 Å². The normalized spacial score (nSPS) is 27.7. The minimum atomic E-state index is -4.37. The molecule has 3 aliphatic heterocycles. The standard InChI is InChI=1S/C30H37F3N4O2S/c31-30(32,33)23-7-5-20-9-12-36(16-22(20)15-23)19-28(38)35-25-17-37(24-4-2-13-39-14-10-24)18-27(25)40-26-8-6-21-3-1-11-34-29(21)26/h1,3,5,7,11,15,24-27H,2,4,6,8-10,12-14,16-19H2,(H,35,38)/t24?,25?,26?,27-/m0/s1. The van der Waals surface area contributed by atoms with E-state index in [0.717, 1.165) is 70.0 Å². The molecule has 2 aromatic rings. The number of nitrogens with zero attached hydrogens (tertiary/aromatic N) is 3. The van der Waals surface area contributed by atoms with Gasteiger partial charge in [-0.15, -0.1) is 11.8 Å². The summed E-state index contributed by atoms with van der Waals surface area (Å²) in [7, 11) is 0. The van der Waals surface area contributed by atoms with E-state index in [1.165, 1.54) is 17.3 Å². The van der Waals surface area contributed by atoms with Crippen molar-refractivity contribution in [1.82, 2.24) is 20.1 Å². The Morgan fingerprint density at radius 3 is 2.85 bits per heavy atom. The largest absolute Gasteiger partial charge is 0.416 e. The first-order valence-corrected chi connectivity index (χ1v) is 15.4. The van der Waals surface area contributed by atoms with Crippen LogP contribution in [0.2, 0.25) is 0 Å². The van der Waals surface area contributed by atoms with Crippen LogP contribution in [0.15, 0.2) is 36.5 Å². The van der Waals surface area contributed by atoms with Gasteiger partial charge in [0.1, 0.15) is 0 Å². The Bertz CT molecular complexity index is 1200. The predicted molar refractivity (Wildman–Crippen MR) is 149 cm³/mol. The van der Waals surface area contributed by atoms with Crippen molar-refractivity contribution in [3.05, 3.63) is 64.5 Å². The topological polar surface area (TPSA) is 57.7 Å². The number of aryl methyl sites for hydroxylation is 1. The summed E-state index contributed by atoms with van der Waals surface area (Å²) >= 11 is 1.95. The van der Waals surface area contributed by atoms with Crippen molar-refractivity contribution in [3.63, 3.8) is 0 Å². The van der Waals surface area contributed by atoms with Gasteiger partial charge >= 0.3 is 6.18 Å². The number of nitrogens with one attached hydrogen (secondary N) is 1. The third-order valence-corrected chi connectivity index (χ3v) is 10.4. The highest BCUT2D eigenvalue weighted by atomic mass is 32.2. The van der Waals surface area contributed by atoms with Crippen LogP contribution in [0.3, 0.4) is 0 Å². The van der Waals surface area contributed by atoms with Gasteiger partial charge in [-0.05, 0) is 73.4 Å². The number of rotatable bonds is 6. The Hall–Kier alpha value is -2.14. The molecule has 2 saturated heterocycles. The number of alkyl halides is 3. The fourth-order valence-corrected chi connectivity index (χ4v) is 8.37. The maximum Gasteiger partial charge on any atom is 0.416 e. The summed E-state index contributed by atoms with van der Waals surface area (Å²) in [6.07, 6.45) is 3.44. The van der Waals surface area contributed by atoms with Gasteiger partial charge < -0.3 is 10.1 Å². The minimum Gasteiger partial charge on any atom is -0.381 e. The molecule has 2 fully saturated rings. The van der Waals surface area contributed by atoms with Crippen LogP contribution >= 0.6 is 11.8 Å². The van der Waals surface area contributed by atoms with E-state index in [-0.39, 0.29) is 23.7 Å². The van der Waals surface area contributed by atoms with Crippen LogP contribution < -0.4 is 5.32 Å². The Labute approximate surface area is 238 Å². The molecule has 0 saturated carbocycles.